The smallest absolute Gasteiger partial charge is 0.323 e. The van der Waals surface area contributed by atoms with Crippen molar-refractivity contribution in [2.45, 2.75) is 20.8 Å². The molecule has 2 rings (SSSR count). The molecule has 0 amide bonds. The van der Waals surface area contributed by atoms with E-state index in [0.29, 0.717) is 12.6 Å². The summed E-state index contributed by atoms with van der Waals surface area (Å²) in [5, 5.41) is 3.18. The zero-order chi connectivity index (χ0) is 15.4. The molecule has 1 aromatic carbocycles. The highest BCUT2D eigenvalue weighted by atomic mass is 79.9. The number of nitrogens with two attached hydrogens (primary N) is 1. The highest BCUT2D eigenvalue weighted by molar-refractivity contribution is 9.10. The lowest BCUT2D eigenvalue weighted by atomic mass is 10.1. The number of hydrogen-bond donors (Lipinski definition) is 3. The van der Waals surface area contributed by atoms with E-state index in [0.717, 1.165) is 21.3 Å². The van der Waals surface area contributed by atoms with Gasteiger partial charge in [0.2, 0.25) is 11.9 Å². The van der Waals surface area contributed by atoms with Gasteiger partial charge in [-0.25, -0.2) is 5.84 Å². The summed E-state index contributed by atoms with van der Waals surface area (Å²) in [7, 11) is 0. The number of halogens is 1. The number of nitrogens with zero attached hydrogens (tertiary/aromatic N) is 3. The fourth-order valence-electron chi connectivity index (χ4n) is 1.89. The molecular weight excluding hydrogens is 336 g/mol. The molecule has 8 heteroatoms. The van der Waals surface area contributed by atoms with Crippen LogP contribution < -0.4 is 21.3 Å². The summed E-state index contributed by atoms with van der Waals surface area (Å²) in [5.74, 6) is 5.97. The molecule has 21 heavy (non-hydrogen) atoms. The monoisotopic (exact) mass is 352 g/mol. The Kier molecular flexibility index (Phi) is 4.92. The first kappa shape index (κ1) is 15.5. The van der Waals surface area contributed by atoms with Gasteiger partial charge in [0, 0.05) is 10.2 Å². The van der Waals surface area contributed by atoms with E-state index in [1.807, 2.05) is 32.9 Å². The molecule has 7 nitrogen and oxygen atoms in total. The van der Waals surface area contributed by atoms with Crippen LogP contribution in [0.15, 0.2) is 16.6 Å². The maximum Gasteiger partial charge on any atom is 0.323 e. The summed E-state index contributed by atoms with van der Waals surface area (Å²) in [4.78, 5) is 12.4. The van der Waals surface area contributed by atoms with E-state index in [2.05, 4.69) is 41.6 Å². The van der Waals surface area contributed by atoms with Crippen molar-refractivity contribution in [3.8, 4) is 6.01 Å². The fourth-order valence-corrected chi connectivity index (χ4v) is 2.58. The second-order valence-corrected chi connectivity index (χ2v) is 5.30. The maximum atomic E-state index is 5.36. The largest absolute Gasteiger partial charge is 0.464 e. The SMILES string of the molecule is CCOc1nc(NN)nc(Nc2c(C)cc(Br)cc2C)n1. The van der Waals surface area contributed by atoms with Gasteiger partial charge < -0.3 is 10.1 Å². The second-order valence-electron chi connectivity index (χ2n) is 4.38. The van der Waals surface area contributed by atoms with Crippen molar-refractivity contribution < 1.29 is 4.74 Å². The molecule has 0 fully saturated rings. The van der Waals surface area contributed by atoms with E-state index in [9.17, 15) is 0 Å². The normalized spacial score (nSPS) is 10.3. The third kappa shape index (κ3) is 3.79. The number of aromatic nitrogens is 3. The molecule has 0 bridgehead atoms. The number of hydrazine groups is 1. The van der Waals surface area contributed by atoms with Crippen molar-refractivity contribution in [2.24, 2.45) is 5.84 Å². The Morgan fingerprint density at radius 3 is 2.33 bits per heavy atom. The average Bonchev–Trinajstić information content (AvgIpc) is 2.43. The highest BCUT2D eigenvalue weighted by Crippen LogP contribution is 2.27. The van der Waals surface area contributed by atoms with Gasteiger partial charge in [-0.15, -0.1) is 0 Å². The zero-order valence-electron chi connectivity index (χ0n) is 12.1. The quantitative estimate of drug-likeness (QED) is 0.561. The van der Waals surface area contributed by atoms with E-state index >= 15 is 0 Å². The summed E-state index contributed by atoms with van der Waals surface area (Å²) in [6.45, 7) is 6.33. The minimum absolute atomic E-state index is 0.218. The van der Waals surface area contributed by atoms with Gasteiger partial charge in [-0.3, -0.25) is 5.43 Å². The number of ether oxygens (including phenoxy) is 1. The lowest BCUT2D eigenvalue weighted by Gasteiger charge is -2.13. The van der Waals surface area contributed by atoms with Crippen LogP contribution in [0, 0.1) is 13.8 Å². The Hall–Kier alpha value is -1.93. The molecule has 0 atom stereocenters. The van der Waals surface area contributed by atoms with Gasteiger partial charge in [0.1, 0.15) is 0 Å². The molecule has 1 heterocycles. The van der Waals surface area contributed by atoms with Crippen molar-refractivity contribution in [3.05, 3.63) is 27.7 Å². The lowest BCUT2D eigenvalue weighted by Crippen LogP contribution is -2.14. The molecule has 0 radical (unpaired) electrons. The highest BCUT2D eigenvalue weighted by Gasteiger charge is 2.10. The number of nitrogen functional groups attached to an aromatic ring is 1. The maximum absolute atomic E-state index is 5.36. The minimum atomic E-state index is 0.218. The van der Waals surface area contributed by atoms with Gasteiger partial charge in [-0.2, -0.15) is 15.0 Å². The molecule has 0 aliphatic rings. The molecule has 0 aliphatic heterocycles. The van der Waals surface area contributed by atoms with Crippen LogP contribution in [-0.2, 0) is 0 Å². The van der Waals surface area contributed by atoms with Crippen molar-refractivity contribution in [3.63, 3.8) is 0 Å². The summed E-state index contributed by atoms with van der Waals surface area (Å²) < 4.78 is 6.33. The first-order valence-electron chi connectivity index (χ1n) is 6.42. The average molecular weight is 353 g/mol. The molecule has 112 valence electrons. The topological polar surface area (TPSA) is 98.0 Å². The lowest BCUT2D eigenvalue weighted by molar-refractivity contribution is 0.312. The molecule has 0 aliphatic carbocycles. The summed E-state index contributed by atoms with van der Waals surface area (Å²) in [6, 6.07) is 4.25. The van der Waals surface area contributed by atoms with Crippen LogP contribution in [0.2, 0.25) is 0 Å². The van der Waals surface area contributed by atoms with Crippen LogP contribution in [0.4, 0.5) is 17.6 Å². The van der Waals surface area contributed by atoms with Gasteiger partial charge in [0.15, 0.2) is 0 Å². The van der Waals surface area contributed by atoms with Gasteiger partial charge in [-0.05, 0) is 44.0 Å². The molecule has 0 unspecified atom stereocenters. The van der Waals surface area contributed by atoms with Crippen molar-refractivity contribution in [1.29, 1.82) is 0 Å². The number of anilines is 3. The summed E-state index contributed by atoms with van der Waals surface area (Å²) >= 11 is 3.47. The van der Waals surface area contributed by atoms with E-state index < -0.39 is 0 Å². The molecule has 0 spiro atoms. The molecule has 1 aromatic heterocycles. The number of nitrogens with one attached hydrogen (secondary N) is 2. The van der Waals surface area contributed by atoms with Crippen LogP contribution in [0.1, 0.15) is 18.1 Å². The fraction of sp³-hybridized carbons (Fsp3) is 0.308. The number of hydrogen-bond acceptors (Lipinski definition) is 7. The van der Waals surface area contributed by atoms with Gasteiger partial charge in [-0.1, -0.05) is 15.9 Å². The Bertz CT molecular complexity index is 626. The first-order chi connectivity index (χ1) is 10.0. The van der Waals surface area contributed by atoms with Gasteiger partial charge in [0.25, 0.3) is 0 Å². The van der Waals surface area contributed by atoms with Crippen LogP contribution >= 0.6 is 15.9 Å². The minimum Gasteiger partial charge on any atom is -0.464 e. The Labute approximate surface area is 131 Å². The van der Waals surface area contributed by atoms with E-state index in [-0.39, 0.29) is 12.0 Å². The summed E-state index contributed by atoms with van der Waals surface area (Å²) in [6.07, 6.45) is 0. The van der Waals surface area contributed by atoms with Crippen molar-refractivity contribution >= 4 is 33.5 Å². The number of aryl methyl sites for hydroxylation is 2. The predicted octanol–water partition coefficient (Wildman–Crippen LogP) is 2.68. The predicted molar refractivity (Wildman–Crippen MR) is 85.7 cm³/mol. The molecule has 2 aromatic rings. The van der Waals surface area contributed by atoms with Gasteiger partial charge in [0.05, 0.1) is 6.61 Å². The Balaban J connectivity index is 2.37. The summed E-state index contributed by atoms with van der Waals surface area (Å²) in [5.41, 5.74) is 5.48. The van der Waals surface area contributed by atoms with Crippen molar-refractivity contribution in [1.82, 2.24) is 15.0 Å². The number of rotatable bonds is 5. The van der Waals surface area contributed by atoms with Gasteiger partial charge >= 0.3 is 6.01 Å². The third-order valence-corrected chi connectivity index (χ3v) is 3.21. The molecular formula is C13H17BrN6O. The molecule has 4 N–H and O–H groups in total. The zero-order valence-corrected chi connectivity index (χ0v) is 13.7. The molecule has 0 saturated heterocycles. The third-order valence-electron chi connectivity index (χ3n) is 2.75. The Morgan fingerprint density at radius 1 is 1.14 bits per heavy atom. The van der Waals surface area contributed by atoms with E-state index in [1.54, 1.807) is 0 Å². The molecule has 0 saturated carbocycles. The number of benzene rings is 1. The van der Waals surface area contributed by atoms with Crippen LogP contribution in [0.25, 0.3) is 0 Å². The Morgan fingerprint density at radius 2 is 1.76 bits per heavy atom. The van der Waals surface area contributed by atoms with E-state index in [4.69, 9.17) is 10.6 Å². The first-order valence-corrected chi connectivity index (χ1v) is 7.22. The standard InChI is InChI=1S/C13H17BrN6O/c1-4-21-13-18-11(17-12(19-13)20-15)16-10-7(2)5-9(14)6-8(10)3/h5-6H,4,15H2,1-3H3,(H2,16,17,18,19,20). The van der Waals surface area contributed by atoms with Crippen molar-refractivity contribution in [2.75, 3.05) is 17.3 Å². The second kappa shape index (κ2) is 6.68. The van der Waals surface area contributed by atoms with Crippen LogP contribution in [0.3, 0.4) is 0 Å². The van der Waals surface area contributed by atoms with Crippen LogP contribution in [0.5, 0.6) is 6.01 Å². The van der Waals surface area contributed by atoms with E-state index in [1.165, 1.54) is 0 Å². The van der Waals surface area contributed by atoms with Crippen LogP contribution in [-0.4, -0.2) is 21.6 Å².